The number of amides is 3. The molecule has 0 saturated heterocycles. The zero-order valence-corrected chi connectivity index (χ0v) is 22.4. The van der Waals surface area contributed by atoms with Gasteiger partial charge in [0, 0.05) is 61.5 Å². The number of nitrogens with one attached hydrogen (secondary N) is 2. The van der Waals surface area contributed by atoms with E-state index in [9.17, 15) is 14.4 Å². The molecular weight excluding hydrogens is 498 g/mol. The van der Waals surface area contributed by atoms with Crippen molar-refractivity contribution in [3.05, 3.63) is 56.5 Å². The van der Waals surface area contributed by atoms with E-state index in [2.05, 4.69) is 27.6 Å². The maximum Gasteiger partial charge on any atom is 0.280 e. The Morgan fingerprint density at radius 2 is 1.89 bits per heavy atom. The number of hydrogen-bond acceptors (Lipinski definition) is 6. The normalized spacial score (nSPS) is 22.2. The molecule has 1 aliphatic carbocycles. The molecule has 0 bridgehead atoms. The predicted molar refractivity (Wildman–Crippen MR) is 142 cm³/mol. The first-order valence-electron chi connectivity index (χ1n) is 12.1. The van der Waals surface area contributed by atoms with Crippen LogP contribution in [0, 0.1) is 5.92 Å². The molecule has 3 atom stereocenters. The van der Waals surface area contributed by atoms with Crippen LogP contribution in [-0.2, 0) is 22.6 Å². The van der Waals surface area contributed by atoms with Crippen molar-refractivity contribution in [3.8, 4) is 0 Å². The zero-order chi connectivity index (χ0) is 25.8. The van der Waals surface area contributed by atoms with E-state index >= 15 is 0 Å². The van der Waals surface area contributed by atoms with Gasteiger partial charge in [-0.3, -0.25) is 14.4 Å². The number of fused-ring (bicyclic) bond motifs is 1. The highest BCUT2D eigenvalue weighted by Crippen LogP contribution is 2.28. The number of likely N-dealkylation sites (N-methyl/N-ethyl adjacent to an activating group) is 1. The van der Waals surface area contributed by atoms with Gasteiger partial charge in [0.15, 0.2) is 5.01 Å². The first-order valence-corrected chi connectivity index (χ1v) is 13.3. The molecule has 1 saturated carbocycles. The summed E-state index contributed by atoms with van der Waals surface area (Å²) < 4.78 is 0. The summed E-state index contributed by atoms with van der Waals surface area (Å²) in [5.74, 6) is -0.675. The lowest BCUT2D eigenvalue weighted by Crippen LogP contribution is -2.55. The molecule has 1 aromatic carbocycles. The van der Waals surface area contributed by atoms with Gasteiger partial charge in [0.2, 0.25) is 11.8 Å². The SMILES string of the molecule is CN1CCc2nc(C(=O)N[C@@H]3C[C@@H](C(=O)N(C)C)CC[C@@H]3NC(=O)/C=C/c3ccc(Cl)cc3)sc2C1. The quantitative estimate of drug-likeness (QED) is 0.561. The van der Waals surface area contributed by atoms with Crippen LogP contribution < -0.4 is 10.6 Å². The molecule has 8 nitrogen and oxygen atoms in total. The molecule has 1 aliphatic heterocycles. The molecule has 1 aromatic heterocycles. The molecule has 2 aromatic rings. The number of thiazole rings is 1. The van der Waals surface area contributed by atoms with Gasteiger partial charge >= 0.3 is 0 Å². The fraction of sp³-hybridized carbons (Fsp3) is 0.462. The molecule has 3 amide bonds. The van der Waals surface area contributed by atoms with Crippen molar-refractivity contribution in [2.24, 2.45) is 5.92 Å². The van der Waals surface area contributed by atoms with Crippen LogP contribution >= 0.6 is 22.9 Å². The highest BCUT2D eigenvalue weighted by molar-refractivity contribution is 7.13. The maximum atomic E-state index is 13.2. The molecule has 2 heterocycles. The smallest absolute Gasteiger partial charge is 0.280 e. The van der Waals surface area contributed by atoms with Gasteiger partial charge in [-0.25, -0.2) is 4.98 Å². The second-order valence-electron chi connectivity index (χ2n) is 9.70. The van der Waals surface area contributed by atoms with Gasteiger partial charge in [-0.15, -0.1) is 11.3 Å². The van der Waals surface area contributed by atoms with E-state index in [0.717, 1.165) is 35.6 Å². The minimum absolute atomic E-state index is 0.0365. The summed E-state index contributed by atoms with van der Waals surface area (Å²) >= 11 is 7.35. The van der Waals surface area contributed by atoms with Gasteiger partial charge in [0.1, 0.15) is 0 Å². The molecule has 0 unspecified atom stereocenters. The highest BCUT2D eigenvalue weighted by atomic mass is 35.5. The van der Waals surface area contributed by atoms with Crippen LogP contribution in [0.3, 0.4) is 0 Å². The van der Waals surface area contributed by atoms with E-state index in [1.165, 1.54) is 17.4 Å². The third-order valence-corrected chi connectivity index (χ3v) is 8.03. The van der Waals surface area contributed by atoms with Gasteiger partial charge in [0.05, 0.1) is 11.7 Å². The number of aromatic nitrogens is 1. The average molecular weight is 530 g/mol. The number of nitrogens with zero attached hydrogens (tertiary/aromatic N) is 3. The molecule has 4 rings (SSSR count). The van der Waals surface area contributed by atoms with Crippen LogP contribution in [0.4, 0.5) is 0 Å². The Morgan fingerprint density at radius 1 is 1.14 bits per heavy atom. The van der Waals surface area contributed by atoms with Crippen LogP contribution in [0.5, 0.6) is 0 Å². The van der Waals surface area contributed by atoms with Crippen molar-refractivity contribution in [1.82, 2.24) is 25.4 Å². The van der Waals surface area contributed by atoms with E-state index in [-0.39, 0.29) is 35.7 Å². The standard InChI is InChI=1S/C26H32ClN5O3S/c1-31(2)26(35)17-7-10-19(28-23(33)11-6-16-4-8-18(27)9-5-16)21(14-17)29-24(34)25-30-20-12-13-32(3)15-22(20)36-25/h4-6,8-9,11,17,19,21H,7,10,12-15H2,1-3H3,(H,28,33)(H,29,34)/b11-6+/t17-,19-,21+/m0/s1. The number of halogens is 1. The Bertz CT molecular complexity index is 1150. The lowest BCUT2D eigenvalue weighted by atomic mass is 9.81. The molecule has 1 fully saturated rings. The van der Waals surface area contributed by atoms with E-state index in [1.54, 1.807) is 37.2 Å². The maximum absolute atomic E-state index is 13.2. The molecule has 36 heavy (non-hydrogen) atoms. The fourth-order valence-corrected chi connectivity index (χ4v) is 5.94. The third-order valence-electron chi connectivity index (χ3n) is 6.70. The summed E-state index contributed by atoms with van der Waals surface area (Å²) in [7, 11) is 5.53. The van der Waals surface area contributed by atoms with Crippen molar-refractivity contribution in [1.29, 1.82) is 0 Å². The van der Waals surface area contributed by atoms with Gasteiger partial charge in [0.25, 0.3) is 5.91 Å². The number of rotatable bonds is 6. The van der Waals surface area contributed by atoms with Crippen molar-refractivity contribution in [2.75, 3.05) is 27.7 Å². The van der Waals surface area contributed by atoms with Gasteiger partial charge in [-0.05, 0) is 50.1 Å². The first-order chi connectivity index (χ1) is 17.2. The second kappa shape index (κ2) is 11.5. The summed E-state index contributed by atoms with van der Waals surface area (Å²) in [6, 6.07) is 6.53. The van der Waals surface area contributed by atoms with Crippen molar-refractivity contribution < 1.29 is 14.4 Å². The largest absolute Gasteiger partial charge is 0.349 e. The Kier molecular flexibility index (Phi) is 8.43. The minimum Gasteiger partial charge on any atom is -0.349 e. The minimum atomic E-state index is -0.378. The summed E-state index contributed by atoms with van der Waals surface area (Å²) in [5.41, 5.74) is 1.85. The Hall–Kier alpha value is -2.75. The van der Waals surface area contributed by atoms with Crippen molar-refractivity contribution in [2.45, 2.75) is 44.3 Å². The monoisotopic (exact) mass is 529 g/mol. The highest BCUT2D eigenvalue weighted by Gasteiger charge is 2.36. The third kappa shape index (κ3) is 6.52. The average Bonchev–Trinajstić information content (AvgIpc) is 3.27. The molecule has 192 valence electrons. The zero-order valence-electron chi connectivity index (χ0n) is 20.8. The summed E-state index contributed by atoms with van der Waals surface area (Å²) in [5, 5.41) is 7.19. The Labute approximate surface area is 220 Å². The lowest BCUT2D eigenvalue weighted by molar-refractivity contribution is -0.134. The van der Waals surface area contributed by atoms with Gasteiger partial charge < -0.3 is 20.4 Å². The number of hydrogen-bond donors (Lipinski definition) is 2. The van der Waals surface area contributed by atoms with E-state index in [4.69, 9.17) is 11.6 Å². The number of benzene rings is 1. The number of carbonyl (C=O) groups is 3. The Balaban J connectivity index is 1.46. The molecule has 2 aliphatic rings. The fourth-order valence-electron chi connectivity index (χ4n) is 4.72. The summed E-state index contributed by atoms with van der Waals surface area (Å²) in [6.07, 6.45) is 5.73. The van der Waals surface area contributed by atoms with Crippen molar-refractivity contribution in [3.63, 3.8) is 0 Å². The lowest BCUT2D eigenvalue weighted by Gasteiger charge is -2.37. The molecule has 2 N–H and O–H groups in total. The topological polar surface area (TPSA) is 94.6 Å². The van der Waals surface area contributed by atoms with Crippen LogP contribution in [-0.4, -0.2) is 72.3 Å². The predicted octanol–water partition coefficient (Wildman–Crippen LogP) is 2.97. The Morgan fingerprint density at radius 3 is 2.61 bits per heavy atom. The number of carbonyl (C=O) groups excluding carboxylic acids is 3. The van der Waals surface area contributed by atoms with E-state index < -0.39 is 0 Å². The van der Waals surface area contributed by atoms with Crippen molar-refractivity contribution >= 4 is 46.7 Å². The van der Waals surface area contributed by atoms with E-state index in [0.29, 0.717) is 29.3 Å². The van der Waals surface area contributed by atoms with E-state index in [1.807, 2.05) is 12.1 Å². The second-order valence-corrected chi connectivity index (χ2v) is 11.2. The van der Waals surface area contributed by atoms with Crippen LogP contribution in [0.25, 0.3) is 6.08 Å². The van der Waals surface area contributed by atoms with Crippen LogP contribution in [0.2, 0.25) is 5.02 Å². The molecular formula is C26H32ClN5O3S. The first kappa shape index (κ1) is 26.3. The molecule has 10 heteroatoms. The van der Waals surface area contributed by atoms with Crippen LogP contribution in [0.15, 0.2) is 30.3 Å². The van der Waals surface area contributed by atoms with Gasteiger partial charge in [-0.2, -0.15) is 0 Å². The summed E-state index contributed by atoms with van der Waals surface area (Å²) in [4.78, 5) is 48.1. The molecule has 0 radical (unpaired) electrons. The summed E-state index contributed by atoms with van der Waals surface area (Å²) in [6.45, 7) is 1.72. The van der Waals surface area contributed by atoms with Crippen LogP contribution in [0.1, 0.15) is 45.2 Å². The molecule has 0 spiro atoms. The van der Waals surface area contributed by atoms with Gasteiger partial charge in [-0.1, -0.05) is 23.7 Å².